The average Bonchev–Trinajstić information content (AvgIpc) is 3.69. The lowest BCUT2D eigenvalue weighted by molar-refractivity contribution is 0.670. The molecule has 0 saturated heterocycles. The summed E-state index contributed by atoms with van der Waals surface area (Å²) in [6.45, 7) is 0. The third-order valence-corrected chi connectivity index (χ3v) is 11.2. The zero-order chi connectivity index (χ0) is 39.5. The number of hydrogen-bond donors (Lipinski definition) is 2. The van der Waals surface area contributed by atoms with Crippen LogP contribution in [0.25, 0.3) is 106 Å². The molecular formula is C53H33N5O. The van der Waals surface area contributed by atoms with Gasteiger partial charge < -0.3 is 4.42 Å². The van der Waals surface area contributed by atoms with E-state index in [9.17, 15) is 0 Å². The molecule has 0 saturated carbocycles. The maximum Gasteiger partial charge on any atom is 0.160 e. The number of benzene rings is 7. The highest BCUT2D eigenvalue weighted by Gasteiger charge is 2.23. The van der Waals surface area contributed by atoms with Crippen LogP contribution in [-0.4, -0.2) is 26.4 Å². The predicted molar refractivity (Wildman–Crippen MR) is 241 cm³/mol. The van der Waals surface area contributed by atoms with Gasteiger partial charge in [0.25, 0.3) is 0 Å². The lowest BCUT2D eigenvalue weighted by Gasteiger charge is -2.19. The standard InChI is InChI=1S/C53H33N5O/c54-44-29-28-43-49(50(44)55)42-27-26-38(30-47(42)56-51(43)36-10-3-1-4-11-36)32-18-22-34(23-19-32)45-31-46(58-53(57-45)37-12-5-2-6-13-37)35-24-20-33(21-25-35)39-15-9-16-41-40-14-7-8-17-48(40)59-52(39)41/h1-31,54-55H. The molecule has 0 unspecified atom stereocenters. The fourth-order valence-electron chi connectivity index (χ4n) is 8.18. The smallest absolute Gasteiger partial charge is 0.160 e. The number of nitrogens with zero attached hydrogens (tertiary/aromatic N) is 3. The topological polar surface area (TPSA) is 99.5 Å². The number of allylic oxidation sites excluding steroid dienone is 1. The van der Waals surface area contributed by atoms with Crippen LogP contribution < -0.4 is 0 Å². The Balaban J connectivity index is 0.962. The van der Waals surface area contributed by atoms with Gasteiger partial charge in [-0.1, -0.05) is 158 Å². The van der Waals surface area contributed by atoms with E-state index in [2.05, 4.69) is 91.0 Å². The minimum atomic E-state index is 0.195. The lowest BCUT2D eigenvalue weighted by atomic mass is 9.87. The van der Waals surface area contributed by atoms with Gasteiger partial charge in [-0.15, -0.1) is 0 Å². The monoisotopic (exact) mass is 755 g/mol. The van der Waals surface area contributed by atoms with Crippen molar-refractivity contribution < 1.29 is 4.42 Å². The van der Waals surface area contributed by atoms with E-state index >= 15 is 0 Å². The zero-order valence-electron chi connectivity index (χ0n) is 31.6. The first-order valence-electron chi connectivity index (χ1n) is 19.5. The van der Waals surface area contributed by atoms with Crippen LogP contribution in [0.1, 0.15) is 11.1 Å². The van der Waals surface area contributed by atoms with Gasteiger partial charge >= 0.3 is 0 Å². The number of aromatic nitrogens is 3. The van der Waals surface area contributed by atoms with Gasteiger partial charge in [0, 0.05) is 55.1 Å². The third kappa shape index (κ3) is 5.94. The van der Waals surface area contributed by atoms with Crippen molar-refractivity contribution in [3.63, 3.8) is 0 Å². The number of pyridine rings is 1. The molecule has 2 N–H and O–H groups in total. The Hall–Kier alpha value is -8.09. The van der Waals surface area contributed by atoms with Crippen molar-refractivity contribution in [3.05, 3.63) is 193 Å². The normalized spacial score (nSPS) is 12.4. The quantitative estimate of drug-likeness (QED) is 0.176. The molecule has 11 rings (SSSR count). The van der Waals surface area contributed by atoms with Crippen molar-refractivity contribution in [3.8, 4) is 67.4 Å². The van der Waals surface area contributed by atoms with Crippen molar-refractivity contribution in [2.75, 3.05) is 0 Å². The molecule has 7 aromatic carbocycles. The van der Waals surface area contributed by atoms with Crippen LogP contribution in [-0.2, 0) is 0 Å². The van der Waals surface area contributed by atoms with Crippen LogP contribution in [0.15, 0.2) is 186 Å². The van der Waals surface area contributed by atoms with E-state index in [0.29, 0.717) is 5.82 Å². The molecule has 1 aliphatic carbocycles. The molecule has 0 amide bonds. The van der Waals surface area contributed by atoms with Gasteiger partial charge in [0.1, 0.15) is 11.2 Å². The van der Waals surface area contributed by atoms with Crippen molar-refractivity contribution in [2.24, 2.45) is 0 Å². The zero-order valence-corrected chi connectivity index (χ0v) is 31.6. The highest BCUT2D eigenvalue weighted by Crippen LogP contribution is 2.38. The molecule has 3 heterocycles. The second-order valence-corrected chi connectivity index (χ2v) is 14.7. The van der Waals surface area contributed by atoms with Crippen LogP contribution in [0.3, 0.4) is 0 Å². The fraction of sp³-hybridized carbons (Fsp3) is 0. The van der Waals surface area contributed by atoms with E-state index in [4.69, 9.17) is 30.2 Å². The molecule has 3 aromatic heterocycles. The van der Waals surface area contributed by atoms with E-state index in [1.54, 1.807) is 6.08 Å². The van der Waals surface area contributed by atoms with E-state index in [1.165, 1.54) is 0 Å². The number of furan rings is 1. The second-order valence-electron chi connectivity index (χ2n) is 14.7. The molecule has 0 atom stereocenters. The van der Waals surface area contributed by atoms with Crippen LogP contribution in [0.2, 0.25) is 0 Å². The van der Waals surface area contributed by atoms with Crippen LogP contribution in [0, 0.1) is 10.8 Å². The first-order valence-corrected chi connectivity index (χ1v) is 19.5. The Morgan fingerprint density at radius 3 is 1.76 bits per heavy atom. The van der Waals surface area contributed by atoms with Gasteiger partial charge in [0.15, 0.2) is 5.82 Å². The van der Waals surface area contributed by atoms with Gasteiger partial charge in [-0.05, 0) is 47.0 Å². The maximum atomic E-state index is 8.85. The number of nitrogens with one attached hydrogen (secondary N) is 2. The molecule has 0 fully saturated rings. The van der Waals surface area contributed by atoms with Crippen molar-refractivity contribution in [1.29, 1.82) is 10.8 Å². The van der Waals surface area contributed by atoms with E-state index in [-0.39, 0.29) is 11.4 Å². The molecule has 10 aromatic rings. The minimum absolute atomic E-state index is 0.195. The SMILES string of the molecule is N=C1C=Cc2c(-c3ccccc3)nc3cc(-c4ccc(-c5cc(-c6ccc(-c7cccc8c7oc7ccccc78)cc6)nc(-c6ccccc6)n5)cc4)ccc3c2C1=N. The van der Waals surface area contributed by atoms with Crippen molar-refractivity contribution >= 4 is 50.3 Å². The maximum absolute atomic E-state index is 8.85. The number of hydrogen-bond acceptors (Lipinski definition) is 6. The number of fused-ring (bicyclic) bond motifs is 6. The molecule has 59 heavy (non-hydrogen) atoms. The van der Waals surface area contributed by atoms with E-state index < -0.39 is 0 Å². The fourth-order valence-corrected chi connectivity index (χ4v) is 8.18. The third-order valence-electron chi connectivity index (χ3n) is 11.2. The molecule has 6 heteroatoms. The van der Waals surface area contributed by atoms with Crippen molar-refractivity contribution in [2.45, 2.75) is 0 Å². The first-order chi connectivity index (χ1) is 29.1. The Morgan fingerprint density at radius 1 is 0.424 bits per heavy atom. The molecule has 0 radical (unpaired) electrons. The van der Waals surface area contributed by atoms with Gasteiger partial charge in [0.2, 0.25) is 0 Å². The molecule has 0 bridgehead atoms. The summed E-state index contributed by atoms with van der Waals surface area (Å²) < 4.78 is 6.35. The Morgan fingerprint density at radius 2 is 1.03 bits per heavy atom. The molecule has 1 aliphatic rings. The number of rotatable bonds is 6. The van der Waals surface area contributed by atoms with Crippen LogP contribution >= 0.6 is 0 Å². The minimum Gasteiger partial charge on any atom is -0.455 e. The second kappa shape index (κ2) is 13.8. The van der Waals surface area contributed by atoms with Gasteiger partial charge in [-0.25, -0.2) is 15.0 Å². The summed E-state index contributed by atoms with van der Waals surface area (Å²) in [6, 6.07) is 59.8. The largest absolute Gasteiger partial charge is 0.455 e. The van der Waals surface area contributed by atoms with Crippen LogP contribution in [0.4, 0.5) is 0 Å². The summed E-state index contributed by atoms with van der Waals surface area (Å²) in [5.74, 6) is 0.657. The summed E-state index contributed by atoms with van der Waals surface area (Å²) in [6.07, 6.45) is 3.60. The summed E-state index contributed by atoms with van der Waals surface area (Å²) in [5, 5.41) is 20.3. The van der Waals surface area contributed by atoms with Crippen LogP contribution in [0.5, 0.6) is 0 Å². The van der Waals surface area contributed by atoms with Crippen molar-refractivity contribution in [1.82, 2.24) is 15.0 Å². The molecular weight excluding hydrogens is 723 g/mol. The van der Waals surface area contributed by atoms with Gasteiger partial charge in [0.05, 0.1) is 34.0 Å². The van der Waals surface area contributed by atoms with E-state index in [1.807, 2.05) is 91.0 Å². The average molecular weight is 756 g/mol. The lowest BCUT2D eigenvalue weighted by Crippen LogP contribution is -2.17. The molecule has 0 spiro atoms. The Kier molecular flexibility index (Phi) is 8.01. The Bertz CT molecular complexity index is 3330. The molecule has 276 valence electrons. The highest BCUT2D eigenvalue weighted by atomic mass is 16.3. The highest BCUT2D eigenvalue weighted by molar-refractivity contribution is 6.54. The summed E-state index contributed by atoms with van der Waals surface area (Å²) >= 11 is 0. The van der Waals surface area contributed by atoms with Gasteiger partial charge in [-0.2, -0.15) is 0 Å². The molecule has 6 nitrogen and oxygen atoms in total. The van der Waals surface area contributed by atoms with Gasteiger partial charge in [-0.3, -0.25) is 10.8 Å². The summed E-state index contributed by atoms with van der Waals surface area (Å²) in [7, 11) is 0. The first kappa shape index (κ1) is 34.2. The predicted octanol–water partition coefficient (Wildman–Crippen LogP) is 13.3. The molecule has 0 aliphatic heterocycles. The summed E-state index contributed by atoms with van der Waals surface area (Å²) in [5.41, 5.74) is 15.1. The summed E-state index contributed by atoms with van der Waals surface area (Å²) in [4.78, 5) is 15.3. The van der Waals surface area contributed by atoms with E-state index in [0.717, 1.165) is 106 Å². The Labute approximate surface area is 339 Å². The number of para-hydroxylation sites is 2.